The summed E-state index contributed by atoms with van der Waals surface area (Å²) < 4.78 is 5.88. The van der Waals surface area contributed by atoms with E-state index in [-0.39, 0.29) is 12.0 Å². The van der Waals surface area contributed by atoms with Crippen molar-refractivity contribution in [3.63, 3.8) is 0 Å². The summed E-state index contributed by atoms with van der Waals surface area (Å²) in [4.78, 5) is 37.5. The second kappa shape index (κ2) is 17.0. The van der Waals surface area contributed by atoms with Gasteiger partial charge in [0.25, 0.3) is 0 Å². The summed E-state index contributed by atoms with van der Waals surface area (Å²) >= 11 is 0. The van der Waals surface area contributed by atoms with Crippen molar-refractivity contribution in [3.05, 3.63) is 70.8 Å². The molecule has 0 spiro atoms. The number of carbonyl (C=O) groups is 3. The number of hydrogen-bond acceptors (Lipinski definition) is 5. The van der Waals surface area contributed by atoms with Crippen molar-refractivity contribution in [2.24, 2.45) is 11.8 Å². The Morgan fingerprint density at radius 1 is 0.837 bits per heavy atom. The van der Waals surface area contributed by atoms with Crippen LogP contribution in [0.2, 0.25) is 0 Å². The van der Waals surface area contributed by atoms with Crippen LogP contribution in [0.5, 0.6) is 0 Å². The number of hydrogen-bond donors (Lipinski definition) is 2. The van der Waals surface area contributed by atoms with Crippen LogP contribution in [0.15, 0.2) is 48.5 Å². The standard InChI is InChI=1S/C37H47NO5/c1-2-27-24-32(40)26-34(27)35(41)20-8-4-3-6-17-31(39)18-7-5-13-23-38-37(42)43-36-25-30-16-10-9-14-28(30)21-22-29-15-11-12-19-33(29)36/h9-12,14-16,19,27,32,34,36,40H,2-8,13,17-18,20,23-26H2,1H3,(H,38,42)/t27-,32-,34?,36?/m1/s1. The Morgan fingerprint density at radius 3 is 2.26 bits per heavy atom. The number of aliphatic hydroxyl groups excluding tert-OH is 1. The number of ether oxygens (including phenoxy) is 1. The third kappa shape index (κ3) is 10.1. The van der Waals surface area contributed by atoms with E-state index in [1.807, 2.05) is 48.5 Å². The fourth-order valence-electron chi connectivity index (χ4n) is 6.47. The maximum absolute atomic E-state index is 12.7. The van der Waals surface area contributed by atoms with Gasteiger partial charge in [0.15, 0.2) is 0 Å². The van der Waals surface area contributed by atoms with Gasteiger partial charge >= 0.3 is 6.09 Å². The largest absolute Gasteiger partial charge is 0.441 e. The van der Waals surface area contributed by atoms with Crippen molar-refractivity contribution in [3.8, 4) is 11.8 Å². The number of aliphatic hydroxyl groups is 1. The normalized spacial score (nSPS) is 20.5. The van der Waals surface area contributed by atoms with Crippen LogP contribution in [-0.4, -0.2) is 35.4 Å². The van der Waals surface area contributed by atoms with E-state index in [0.29, 0.717) is 56.1 Å². The number of fused-ring (bicyclic) bond motifs is 2. The van der Waals surface area contributed by atoms with Crippen LogP contribution in [-0.2, 0) is 20.7 Å². The van der Waals surface area contributed by atoms with E-state index in [1.165, 1.54) is 0 Å². The minimum atomic E-state index is -0.436. The van der Waals surface area contributed by atoms with Gasteiger partial charge in [0.05, 0.1) is 6.10 Å². The molecule has 2 aliphatic rings. The lowest BCUT2D eigenvalue weighted by atomic mass is 9.88. The molecule has 2 aliphatic carbocycles. The molecule has 4 rings (SSSR count). The van der Waals surface area contributed by atoms with Gasteiger partial charge in [-0.2, -0.15) is 0 Å². The quantitative estimate of drug-likeness (QED) is 0.160. The Labute approximate surface area is 257 Å². The van der Waals surface area contributed by atoms with Gasteiger partial charge < -0.3 is 15.2 Å². The van der Waals surface area contributed by atoms with Crippen molar-refractivity contribution < 1.29 is 24.2 Å². The molecule has 6 nitrogen and oxygen atoms in total. The molecule has 2 aromatic rings. The molecule has 1 saturated carbocycles. The van der Waals surface area contributed by atoms with Crippen LogP contribution in [0.4, 0.5) is 4.79 Å². The van der Waals surface area contributed by atoms with Gasteiger partial charge in [-0.1, -0.05) is 80.8 Å². The number of rotatable bonds is 16. The van der Waals surface area contributed by atoms with Crippen molar-refractivity contribution >= 4 is 17.7 Å². The monoisotopic (exact) mass is 585 g/mol. The first kappa shape index (κ1) is 32.5. The average Bonchev–Trinajstić information content (AvgIpc) is 3.39. The van der Waals surface area contributed by atoms with Crippen LogP contribution in [0.3, 0.4) is 0 Å². The van der Waals surface area contributed by atoms with Crippen molar-refractivity contribution in [2.75, 3.05) is 6.54 Å². The minimum absolute atomic E-state index is 0.0412. The lowest BCUT2D eigenvalue weighted by molar-refractivity contribution is -0.124. The predicted octanol–water partition coefficient (Wildman–Crippen LogP) is 7.25. The van der Waals surface area contributed by atoms with Crippen LogP contribution in [0.25, 0.3) is 0 Å². The van der Waals surface area contributed by atoms with E-state index >= 15 is 0 Å². The van der Waals surface area contributed by atoms with Gasteiger partial charge in [-0.05, 0) is 62.1 Å². The first-order chi connectivity index (χ1) is 20.9. The van der Waals surface area contributed by atoms with E-state index in [2.05, 4.69) is 24.1 Å². The van der Waals surface area contributed by atoms with Crippen LogP contribution in [0.1, 0.15) is 119 Å². The second-order valence-electron chi connectivity index (χ2n) is 12.1. The van der Waals surface area contributed by atoms with Crippen LogP contribution >= 0.6 is 0 Å². The van der Waals surface area contributed by atoms with E-state index in [9.17, 15) is 19.5 Å². The number of amides is 1. The lowest BCUT2D eigenvalue weighted by Gasteiger charge is -2.22. The highest BCUT2D eigenvalue weighted by Crippen LogP contribution is 2.36. The first-order valence-electron chi connectivity index (χ1n) is 16.3. The maximum Gasteiger partial charge on any atom is 0.407 e. The number of carbonyl (C=O) groups excluding carboxylic acids is 3. The molecule has 0 aliphatic heterocycles. The number of ketones is 2. The van der Waals surface area contributed by atoms with Gasteiger partial charge in [0, 0.05) is 54.8 Å². The minimum Gasteiger partial charge on any atom is -0.441 e. The molecule has 230 valence electrons. The van der Waals surface area contributed by atoms with Gasteiger partial charge in [-0.3, -0.25) is 9.59 Å². The number of Topliss-reactive ketones (excluding diaryl/α,β-unsaturated/α-hetero) is 2. The Morgan fingerprint density at radius 2 is 1.49 bits per heavy atom. The molecule has 0 aromatic heterocycles. The van der Waals surface area contributed by atoms with E-state index in [4.69, 9.17) is 4.74 Å². The van der Waals surface area contributed by atoms with Crippen molar-refractivity contribution in [1.29, 1.82) is 0 Å². The molecule has 43 heavy (non-hydrogen) atoms. The summed E-state index contributed by atoms with van der Waals surface area (Å²) in [6, 6.07) is 15.8. The van der Waals surface area contributed by atoms with Crippen molar-refractivity contribution in [2.45, 2.75) is 109 Å². The molecule has 0 saturated heterocycles. The third-order valence-corrected chi connectivity index (χ3v) is 8.95. The highest BCUT2D eigenvalue weighted by Gasteiger charge is 2.36. The summed E-state index contributed by atoms with van der Waals surface area (Å²) in [6.45, 7) is 2.61. The van der Waals surface area contributed by atoms with Gasteiger partial charge in [0.2, 0.25) is 0 Å². The van der Waals surface area contributed by atoms with E-state index < -0.39 is 12.2 Å². The zero-order valence-corrected chi connectivity index (χ0v) is 25.6. The highest BCUT2D eigenvalue weighted by molar-refractivity contribution is 5.81. The summed E-state index contributed by atoms with van der Waals surface area (Å²) in [5.41, 5.74) is 3.81. The molecular formula is C37H47NO5. The van der Waals surface area contributed by atoms with Gasteiger partial charge in [-0.25, -0.2) is 4.79 Å². The topological polar surface area (TPSA) is 92.7 Å². The molecule has 1 fully saturated rings. The van der Waals surface area contributed by atoms with Gasteiger partial charge in [-0.15, -0.1) is 0 Å². The molecule has 0 heterocycles. The SMILES string of the molecule is CC[C@@H]1C[C@@H](O)CC1C(=O)CCCCCCC(=O)CCCCCNC(=O)OC1Cc2ccccc2C#Cc2ccccc21. The molecule has 0 bridgehead atoms. The fourth-order valence-corrected chi connectivity index (χ4v) is 6.47. The van der Waals surface area contributed by atoms with Crippen LogP contribution < -0.4 is 5.32 Å². The maximum atomic E-state index is 12.7. The summed E-state index contributed by atoms with van der Waals surface area (Å²) in [7, 11) is 0. The molecule has 2 aromatic carbocycles. The molecule has 6 heteroatoms. The van der Waals surface area contributed by atoms with Gasteiger partial charge in [0.1, 0.15) is 17.7 Å². The first-order valence-corrected chi connectivity index (χ1v) is 16.3. The molecule has 2 unspecified atom stereocenters. The number of benzene rings is 2. The lowest BCUT2D eigenvalue weighted by Crippen LogP contribution is -2.28. The number of unbranched alkanes of at least 4 members (excludes halogenated alkanes) is 5. The number of nitrogens with one attached hydrogen (secondary N) is 1. The number of alkyl carbamates (subject to hydrolysis) is 1. The summed E-state index contributed by atoms with van der Waals surface area (Å²) in [5.74, 6) is 7.46. The molecule has 2 N–H and O–H groups in total. The van der Waals surface area contributed by atoms with Crippen LogP contribution in [0, 0.1) is 23.7 Å². The average molecular weight is 586 g/mol. The summed E-state index contributed by atoms with van der Waals surface area (Å²) in [6.07, 6.45) is 9.71. The second-order valence-corrected chi connectivity index (χ2v) is 12.1. The molecular weight excluding hydrogens is 538 g/mol. The van der Waals surface area contributed by atoms with Crippen molar-refractivity contribution in [1.82, 2.24) is 5.32 Å². The molecule has 0 radical (unpaired) electrons. The molecule has 4 atom stereocenters. The Kier molecular flexibility index (Phi) is 12.9. The Hall–Kier alpha value is -3.43. The third-order valence-electron chi connectivity index (χ3n) is 8.95. The Balaban J connectivity index is 1.05. The predicted molar refractivity (Wildman–Crippen MR) is 168 cm³/mol. The van der Waals surface area contributed by atoms with E-state index in [1.54, 1.807) is 0 Å². The fraction of sp³-hybridized carbons (Fsp3) is 0.541. The summed E-state index contributed by atoms with van der Waals surface area (Å²) in [5, 5.41) is 12.8. The Bertz CT molecular complexity index is 1290. The van der Waals surface area contributed by atoms with E-state index in [0.717, 1.165) is 80.0 Å². The smallest absolute Gasteiger partial charge is 0.407 e. The molecule has 1 amide bonds. The highest BCUT2D eigenvalue weighted by atomic mass is 16.6. The zero-order chi connectivity index (χ0) is 30.4. The zero-order valence-electron chi connectivity index (χ0n) is 25.6.